The van der Waals surface area contributed by atoms with Crippen LogP contribution >= 0.6 is 15.9 Å². The first-order chi connectivity index (χ1) is 13.4. The van der Waals surface area contributed by atoms with Crippen molar-refractivity contribution in [2.24, 2.45) is 5.16 Å². The largest absolute Gasteiger partial charge is 0.411 e. The second kappa shape index (κ2) is 9.10. The van der Waals surface area contributed by atoms with E-state index in [1.807, 2.05) is 0 Å². The van der Waals surface area contributed by atoms with Crippen molar-refractivity contribution in [1.29, 1.82) is 0 Å². The van der Waals surface area contributed by atoms with Gasteiger partial charge in [-0.05, 0) is 64.5 Å². The summed E-state index contributed by atoms with van der Waals surface area (Å²) in [6.07, 6.45) is 2.64. The summed E-state index contributed by atoms with van der Waals surface area (Å²) in [7, 11) is -3.17. The van der Waals surface area contributed by atoms with Crippen LogP contribution in [0.25, 0.3) is 0 Å². The van der Waals surface area contributed by atoms with E-state index in [0.717, 1.165) is 12.0 Å². The van der Waals surface area contributed by atoms with Gasteiger partial charge in [0.2, 0.25) is 10.0 Å². The molecule has 1 aromatic heterocycles. The summed E-state index contributed by atoms with van der Waals surface area (Å²) in [6.45, 7) is 1.21. The number of hydrogen-bond donors (Lipinski definition) is 1. The highest BCUT2D eigenvalue weighted by Gasteiger charge is 2.27. The normalized spacial score (nSPS) is 15.6. The van der Waals surface area contributed by atoms with Gasteiger partial charge in [-0.15, -0.1) is 0 Å². The van der Waals surface area contributed by atoms with E-state index in [2.05, 4.69) is 31.4 Å². The van der Waals surface area contributed by atoms with Gasteiger partial charge < -0.3 is 5.21 Å². The quantitative estimate of drug-likeness (QED) is 0.259. The Balaban J connectivity index is 1.59. The van der Waals surface area contributed by atoms with Crippen molar-refractivity contribution in [3.8, 4) is 0 Å². The highest BCUT2D eigenvalue weighted by atomic mass is 79.9. The second-order valence-corrected chi connectivity index (χ2v) is 9.50. The molecule has 1 aliphatic rings. The molecule has 2 aromatic rings. The predicted molar refractivity (Wildman–Crippen MR) is 103 cm³/mol. The van der Waals surface area contributed by atoms with Gasteiger partial charge in [-0.3, -0.25) is 0 Å². The van der Waals surface area contributed by atoms with Crippen molar-refractivity contribution in [3.63, 3.8) is 0 Å². The molecule has 0 bridgehead atoms. The third-order valence-electron chi connectivity index (χ3n) is 4.58. The maximum Gasteiger partial charge on any atom is 0.214 e. The highest BCUT2D eigenvalue weighted by molar-refractivity contribution is 9.10. The Morgan fingerprint density at radius 3 is 2.75 bits per heavy atom. The Morgan fingerprint density at radius 1 is 1.32 bits per heavy atom. The van der Waals surface area contributed by atoms with E-state index in [1.54, 1.807) is 12.1 Å². The molecular weight excluding hydrogens is 455 g/mol. The maximum atomic E-state index is 13.4. The van der Waals surface area contributed by atoms with Crippen LogP contribution < -0.4 is 0 Å². The first-order valence-electron chi connectivity index (χ1n) is 8.85. The first kappa shape index (κ1) is 20.9. The summed E-state index contributed by atoms with van der Waals surface area (Å²) in [5, 5.41) is 20.3. The third kappa shape index (κ3) is 4.95. The van der Waals surface area contributed by atoms with E-state index >= 15 is 0 Å². The van der Waals surface area contributed by atoms with Crippen molar-refractivity contribution in [1.82, 2.24) is 14.6 Å². The minimum absolute atomic E-state index is 0.0954. The molecule has 0 aliphatic carbocycles. The van der Waals surface area contributed by atoms with E-state index in [9.17, 15) is 18.0 Å². The summed E-state index contributed by atoms with van der Waals surface area (Å²) >= 11 is 3.12. The van der Waals surface area contributed by atoms with Crippen molar-refractivity contribution in [2.45, 2.75) is 32.1 Å². The van der Waals surface area contributed by atoms with Crippen LogP contribution in [0.3, 0.4) is 0 Å². The standard InChI is InChI=1S/C17H20BrFN4O4S/c18-13-10-12(5-6-14(13)19)11-16(20-24)17-15(21-27-22-17)4-1-2-9-28(25,26)23-7-3-8-23/h5-6,10,24H,1-4,7-9,11H2/b20-16+. The minimum atomic E-state index is -3.17. The van der Waals surface area contributed by atoms with Crippen molar-refractivity contribution < 1.29 is 22.6 Å². The van der Waals surface area contributed by atoms with E-state index in [0.29, 0.717) is 48.2 Å². The first-order valence-corrected chi connectivity index (χ1v) is 11.3. The number of halogens is 2. The molecule has 8 nitrogen and oxygen atoms in total. The van der Waals surface area contributed by atoms with Crippen LogP contribution in [-0.2, 0) is 22.9 Å². The molecule has 0 unspecified atom stereocenters. The number of oxime groups is 1. The Bertz CT molecular complexity index is 960. The molecule has 1 fully saturated rings. The monoisotopic (exact) mass is 474 g/mol. The van der Waals surface area contributed by atoms with Crippen molar-refractivity contribution in [2.75, 3.05) is 18.8 Å². The summed E-state index contributed by atoms with van der Waals surface area (Å²) in [5.74, 6) is -0.291. The zero-order valence-corrected chi connectivity index (χ0v) is 17.4. The van der Waals surface area contributed by atoms with Gasteiger partial charge in [-0.1, -0.05) is 16.4 Å². The van der Waals surface area contributed by atoms with E-state index in [-0.39, 0.29) is 23.7 Å². The number of hydrogen-bond acceptors (Lipinski definition) is 7. The molecule has 3 rings (SSSR count). The van der Waals surface area contributed by atoms with Crippen molar-refractivity contribution >= 4 is 31.7 Å². The maximum absolute atomic E-state index is 13.4. The highest BCUT2D eigenvalue weighted by Crippen LogP contribution is 2.20. The molecule has 28 heavy (non-hydrogen) atoms. The number of aryl methyl sites for hydroxylation is 1. The number of aromatic nitrogens is 2. The Kier molecular flexibility index (Phi) is 6.78. The Labute approximate surface area is 170 Å². The molecule has 2 heterocycles. The molecule has 0 amide bonds. The van der Waals surface area contributed by atoms with Gasteiger partial charge in [0.15, 0.2) is 5.69 Å². The molecule has 11 heteroatoms. The lowest BCUT2D eigenvalue weighted by Gasteiger charge is -2.29. The smallest absolute Gasteiger partial charge is 0.214 e. The lowest BCUT2D eigenvalue weighted by Crippen LogP contribution is -2.43. The fourth-order valence-electron chi connectivity index (χ4n) is 2.87. The van der Waals surface area contributed by atoms with Gasteiger partial charge in [-0.2, -0.15) is 0 Å². The topological polar surface area (TPSA) is 109 Å². The third-order valence-corrected chi connectivity index (χ3v) is 7.14. The van der Waals surface area contributed by atoms with Crippen LogP contribution in [0.2, 0.25) is 0 Å². The van der Waals surface area contributed by atoms with Crippen LogP contribution in [0, 0.1) is 5.82 Å². The number of benzene rings is 1. The van der Waals surface area contributed by atoms with Gasteiger partial charge in [0, 0.05) is 19.5 Å². The van der Waals surface area contributed by atoms with Crippen molar-refractivity contribution in [3.05, 3.63) is 45.4 Å². The Hall–Kier alpha value is -1.85. The van der Waals surface area contributed by atoms with Gasteiger partial charge in [0.25, 0.3) is 0 Å². The number of sulfonamides is 1. The number of rotatable bonds is 9. The molecule has 0 radical (unpaired) electrons. The van der Waals surface area contributed by atoms with Gasteiger partial charge >= 0.3 is 0 Å². The van der Waals surface area contributed by atoms with E-state index < -0.39 is 10.0 Å². The average molecular weight is 475 g/mol. The molecule has 152 valence electrons. The molecule has 1 N–H and O–H groups in total. The molecule has 0 atom stereocenters. The fourth-order valence-corrected chi connectivity index (χ4v) is 4.94. The second-order valence-electron chi connectivity index (χ2n) is 6.56. The number of unbranched alkanes of at least 4 members (excludes halogenated alkanes) is 1. The minimum Gasteiger partial charge on any atom is -0.411 e. The fraction of sp³-hybridized carbons (Fsp3) is 0.471. The lowest BCUT2D eigenvalue weighted by molar-refractivity contribution is 0.300. The summed E-state index contributed by atoms with van der Waals surface area (Å²) in [5.41, 5.74) is 1.77. The van der Waals surface area contributed by atoms with Crippen LogP contribution in [0.15, 0.2) is 32.5 Å². The van der Waals surface area contributed by atoms with Gasteiger partial charge in [0.1, 0.15) is 17.2 Å². The molecule has 1 aromatic carbocycles. The summed E-state index contributed by atoms with van der Waals surface area (Å²) in [6, 6.07) is 4.49. The predicted octanol–water partition coefficient (Wildman–Crippen LogP) is 2.75. The molecule has 1 saturated heterocycles. The van der Waals surface area contributed by atoms with Crippen LogP contribution in [0.1, 0.15) is 36.2 Å². The van der Waals surface area contributed by atoms with Crippen LogP contribution in [0.4, 0.5) is 4.39 Å². The van der Waals surface area contributed by atoms with Gasteiger partial charge in [-0.25, -0.2) is 21.7 Å². The summed E-state index contributed by atoms with van der Waals surface area (Å²) < 4.78 is 44.1. The molecule has 0 spiro atoms. The average Bonchev–Trinajstić information content (AvgIpc) is 3.06. The number of nitrogens with zero attached hydrogens (tertiary/aromatic N) is 4. The SMILES string of the molecule is O=S(=O)(CCCCc1nonc1/C(Cc1ccc(F)c(Br)c1)=N/O)N1CCC1. The zero-order valence-electron chi connectivity index (χ0n) is 15.0. The van der Waals surface area contributed by atoms with Crippen LogP contribution in [0.5, 0.6) is 0 Å². The Morgan fingerprint density at radius 2 is 2.11 bits per heavy atom. The summed E-state index contributed by atoms with van der Waals surface area (Å²) in [4.78, 5) is 0. The molecule has 0 saturated carbocycles. The van der Waals surface area contributed by atoms with E-state index in [1.165, 1.54) is 10.4 Å². The van der Waals surface area contributed by atoms with Gasteiger partial charge in [0.05, 0.1) is 10.2 Å². The molecule has 1 aliphatic heterocycles. The lowest BCUT2D eigenvalue weighted by atomic mass is 10.0. The van der Waals surface area contributed by atoms with E-state index in [4.69, 9.17) is 4.63 Å². The molecular formula is C17H20BrFN4O4S. The van der Waals surface area contributed by atoms with Crippen LogP contribution in [-0.4, -0.2) is 52.8 Å². The zero-order chi connectivity index (χ0) is 20.1.